The lowest BCUT2D eigenvalue weighted by Crippen LogP contribution is -2.45. The molecule has 1 unspecified atom stereocenters. The fourth-order valence-corrected chi connectivity index (χ4v) is 5.80. The Balaban J connectivity index is 1.74. The number of allylic oxidation sites excluding steroid dienone is 2. The minimum Gasteiger partial charge on any atom is -0.488 e. The predicted molar refractivity (Wildman–Crippen MR) is 127 cm³/mol. The Morgan fingerprint density at radius 1 is 1.26 bits per heavy atom. The van der Waals surface area contributed by atoms with Crippen molar-refractivity contribution in [2.24, 2.45) is 11.8 Å². The Morgan fingerprint density at radius 3 is 2.62 bits per heavy atom. The van der Waals surface area contributed by atoms with E-state index in [9.17, 15) is 4.79 Å². The quantitative estimate of drug-likeness (QED) is 0.224. The van der Waals surface area contributed by atoms with E-state index in [1.807, 2.05) is 0 Å². The second kappa shape index (κ2) is 10.9. The molecule has 34 heavy (non-hydrogen) atoms. The second-order valence-electron chi connectivity index (χ2n) is 11.3. The van der Waals surface area contributed by atoms with Crippen molar-refractivity contribution in [3.8, 4) is 0 Å². The lowest BCUT2D eigenvalue weighted by atomic mass is 9.89. The molecule has 3 aliphatic rings. The van der Waals surface area contributed by atoms with E-state index in [0.717, 1.165) is 19.3 Å². The summed E-state index contributed by atoms with van der Waals surface area (Å²) in [5.41, 5.74) is 0. The summed E-state index contributed by atoms with van der Waals surface area (Å²) in [4.78, 5) is 11.3. The first-order valence-electron chi connectivity index (χ1n) is 12.6. The molecule has 0 aromatic rings. The molecule has 0 radical (unpaired) electrons. The summed E-state index contributed by atoms with van der Waals surface area (Å²) >= 11 is 0. The Hall–Kier alpha value is -1.03. The zero-order chi connectivity index (χ0) is 25.1. The number of fused-ring (bicyclic) bond motifs is 1. The van der Waals surface area contributed by atoms with Crippen LogP contribution in [0.25, 0.3) is 0 Å². The van der Waals surface area contributed by atoms with E-state index in [-0.39, 0.29) is 36.1 Å². The van der Waals surface area contributed by atoms with E-state index < -0.39 is 38.3 Å². The first-order valence-corrected chi connectivity index (χ1v) is 15.5. The largest absolute Gasteiger partial charge is 0.488 e. The van der Waals surface area contributed by atoms with Crippen LogP contribution in [0.2, 0.25) is 18.1 Å². The summed E-state index contributed by atoms with van der Waals surface area (Å²) in [5, 5.41) is -0.0206. The van der Waals surface area contributed by atoms with E-state index in [1.165, 1.54) is 13.2 Å². The lowest BCUT2D eigenvalue weighted by molar-refractivity contribution is -0.202. The van der Waals surface area contributed by atoms with Crippen molar-refractivity contribution < 1.29 is 36.9 Å². The molecule has 0 bridgehead atoms. The maximum atomic E-state index is 15.7. The minimum absolute atomic E-state index is 0.0206. The number of carbonyl (C=O) groups is 1. The Labute approximate surface area is 203 Å². The third-order valence-corrected chi connectivity index (χ3v) is 12.4. The van der Waals surface area contributed by atoms with Crippen LogP contribution in [0.15, 0.2) is 11.8 Å². The maximum absolute atomic E-state index is 15.7. The van der Waals surface area contributed by atoms with Crippen LogP contribution in [0.1, 0.15) is 65.7 Å². The topological polar surface area (TPSA) is 63.2 Å². The Kier molecular flexibility index (Phi) is 8.85. The van der Waals surface area contributed by atoms with Gasteiger partial charge in [0.2, 0.25) is 0 Å². The molecular formula is C25H42F2O6Si. The van der Waals surface area contributed by atoms with Crippen molar-refractivity contribution in [2.45, 2.75) is 108 Å². The van der Waals surface area contributed by atoms with Crippen LogP contribution in [0.4, 0.5) is 8.78 Å². The zero-order valence-electron chi connectivity index (χ0n) is 21.5. The summed E-state index contributed by atoms with van der Waals surface area (Å²) in [5.74, 6) is -5.22. The van der Waals surface area contributed by atoms with Crippen LogP contribution in [-0.2, 0) is 28.2 Å². The molecule has 6 nitrogen and oxygen atoms in total. The molecule has 0 aromatic carbocycles. The van der Waals surface area contributed by atoms with Gasteiger partial charge in [0.15, 0.2) is 20.4 Å². The number of hydrogen-bond donors (Lipinski definition) is 0. The summed E-state index contributed by atoms with van der Waals surface area (Å²) < 4.78 is 60.2. The van der Waals surface area contributed by atoms with Crippen molar-refractivity contribution in [3.05, 3.63) is 11.8 Å². The molecule has 0 N–H and O–H groups in total. The number of rotatable bonds is 9. The van der Waals surface area contributed by atoms with Crippen LogP contribution in [-0.4, -0.2) is 59.0 Å². The number of unbranched alkanes of at least 4 members (excludes halogenated alkanes) is 1. The fourth-order valence-electron chi connectivity index (χ4n) is 4.75. The van der Waals surface area contributed by atoms with Crippen LogP contribution in [0.3, 0.4) is 0 Å². The Morgan fingerprint density at radius 2 is 2.00 bits per heavy atom. The Bertz CT molecular complexity index is 729. The normalized spacial score (nSPS) is 32.5. The number of ether oxygens (including phenoxy) is 4. The van der Waals surface area contributed by atoms with Crippen LogP contribution in [0, 0.1) is 11.8 Å². The highest BCUT2D eigenvalue weighted by atomic mass is 28.4. The third kappa shape index (κ3) is 6.20. The van der Waals surface area contributed by atoms with E-state index in [0.29, 0.717) is 25.9 Å². The highest BCUT2D eigenvalue weighted by Gasteiger charge is 2.65. The molecule has 1 aliphatic carbocycles. The van der Waals surface area contributed by atoms with Gasteiger partial charge in [0.1, 0.15) is 6.10 Å². The van der Waals surface area contributed by atoms with Gasteiger partial charge in [-0.1, -0.05) is 20.8 Å². The molecule has 9 heteroatoms. The molecule has 3 rings (SSSR count). The molecule has 5 atom stereocenters. The van der Waals surface area contributed by atoms with Crippen molar-refractivity contribution in [1.82, 2.24) is 0 Å². The number of carbonyl (C=O) groups excluding carboxylic acids is 1. The van der Waals surface area contributed by atoms with Crippen LogP contribution >= 0.6 is 0 Å². The smallest absolute Gasteiger partial charge is 0.310 e. The van der Waals surface area contributed by atoms with Crippen molar-refractivity contribution in [2.75, 3.05) is 20.3 Å². The monoisotopic (exact) mass is 504 g/mol. The molecule has 2 saturated heterocycles. The predicted octanol–water partition coefficient (Wildman–Crippen LogP) is 5.82. The summed E-state index contributed by atoms with van der Waals surface area (Å²) in [6.45, 7) is 11.6. The molecule has 3 fully saturated rings. The molecule has 0 aromatic heterocycles. The number of esters is 1. The molecular weight excluding hydrogens is 462 g/mol. The van der Waals surface area contributed by atoms with Crippen LogP contribution < -0.4 is 0 Å². The highest BCUT2D eigenvalue weighted by molar-refractivity contribution is 6.74. The number of alkyl halides is 2. The first kappa shape index (κ1) is 27.6. The molecule has 2 heterocycles. The fraction of sp³-hybridized carbons (Fsp3) is 0.880. The van der Waals surface area contributed by atoms with Gasteiger partial charge in [-0.3, -0.25) is 4.79 Å². The van der Waals surface area contributed by atoms with Crippen molar-refractivity contribution in [3.63, 3.8) is 0 Å². The summed E-state index contributed by atoms with van der Waals surface area (Å²) in [6.07, 6.45) is 4.22. The van der Waals surface area contributed by atoms with Gasteiger partial charge in [0.25, 0.3) is 0 Å². The average molecular weight is 505 g/mol. The average Bonchev–Trinajstić information content (AvgIpc) is 3.22. The van der Waals surface area contributed by atoms with Gasteiger partial charge >= 0.3 is 11.9 Å². The van der Waals surface area contributed by atoms with Gasteiger partial charge in [0.05, 0.1) is 19.1 Å². The molecule has 0 amide bonds. The summed E-state index contributed by atoms with van der Waals surface area (Å²) in [7, 11) is -0.814. The van der Waals surface area contributed by atoms with E-state index in [2.05, 4.69) is 38.6 Å². The SMILES string of the molecule is COC(=O)CCCC=C1O[C@H]2C[C@@H](OC3CCCCO3)[C@@H](CO[Si](C)(C)C(C)(C)C)[C@H]2C1(F)F. The standard InChI is InChI=1S/C25H42F2O6Si/c1-24(2,3)34(5,6)31-16-17-18(33-22-13-9-10-14-30-22)15-19-23(17)25(26,27)20(32-19)11-7-8-12-21(28)29-4/h11,17-19,22-23H,7-10,12-16H2,1-6H3/t17-,18-,19+,22?,23-/m1/s1. The zero-order valence-corrected chi connectivity index (χ0v) is 22.5. The van der Waals surface area contributed by atoms with Gasteiger partial charge in [0, 0.05) is 32.0 Å². The highest BCUT2D eigenvalue weighted by Crippen LogP contribution is 2.55. The molecule has 1 saturated carbocycles. The number of methoxy groups -OCH3 is 1. The van der Waals surface area contributed by atoms with Crippen LogP contribution in [0.5, 0.6) is 0 Å². The van der Waals surface area contributed by atoms with Gasteiger partial charge in [-0.15, -0.1) is 0 Å². The van der Waals surface area contributed by atoms with E-state index >= 15 is 8.78 Å². The second-order valence-corrected chi connectivity index (χ2v) is 16.1. The van der Waals surface area contributed by atoms with Gasteiger partial charge in [-0.05, 0) is 56.3 Å². The van der Waals surface area contributed by atoms with Gasteiger partial charge < -0.3 is 23.4 Å². The molecule has 0 spiro atoms. The van der Waals surface area contributed by atoms with Gasteiger partial charge in [-0.25, -0.2) is 0 Å². The molecule has 2 aliphatic heterocycles. The first-order chi connectivity index (χ1) is 15.9. The van der Waals surface area contributed by atoms with E-state index in [4.69, 9.17) is 18.6 Å². The molecule has 196 valence electrons. The minimum atomic E-state index is -3.11. The third-order valence-electron chi connectivity index (χ3n) is 7.88. The summed E-state index contributed by atoms with van der Waals surface area (Å²) in [6, 6.07) is 0. The van der Waals surface area contributed by atoms with Gasteiger partial charge in [-0.2, -0.15) is 8.78 Å². The van der Waals surface area contributed by atoms with E-state index in [1.54, 1.807) is 0 Å². The lowest BCUT2D eigenvalue weighted by Gasteiger charge is -2.39. The van der Waals surface area contributed by atoms with Crippen molar-refractivity contribution >= 4 is 14.3 Å². The number of hydrogen-bond acceptors (Lipinski definition) is 6. The maximum Gasteiger partial charge on any atom is 0.310 e. The number of halogens is 2. The van der Waals surface area contributed by atoms with Crippen molar-refractivity contribution in [1.29, 1.82) is 0 Å².